The molecule has 0 spiro atoms. The lowest BCUT2D eigenvalue weighted by molar-refractivity contribution is -0.167. The molecule has 74 heavy (non-hydrogen) atoms. The van der Waals surface area contributed by atoms with E-state index in [0.717, 1.165) is 109 Å². The molecule has 0 fully saturated rings. The summed E-state index contributed by atoms with van der Waals surface area (Å²) in [6.07, 6.45) is 78.4. The van der Waals surface area contributed by atoms with Crippen LogP contribution in [0.4, 0.5) is 0 Å². The molecule has 0 N–H and O–H groups in total. The van der Waals surface area contributed by atoms with Gasteiger partial charge in [0.05, 0.1) is 0 Å². The van der Waals surface area contributed by atoms with E-state index in [-0.39, 0.29) is 31.1 Å². The smallest absolute Gasteiger partial charge is 0.306 e. The third-order valence-electron chi connectivity index (χ3n) is 14.6. The second-order valence-electron chi connectivity index (χ2n) is 22.0. The van der Waals surface area contributed by atoms with E-state index in [0.29, 0.717) is 19.3 Å². The molecule has 0 aromatic carbocycles. The van der Waals surface area contributed by atoms with Gasteiger partial charge in [-0.2, -0.15) is 0 Å². The fraction of sp³-hybridized carbons (Fsp3) is 0.838. The van der Waals surface area contributed by atoms with Gasteiger partial charge in [0.1, 0.15) is 13.2 Å². The number of allylic oxidation sites excluding steroid dienone is 8. The monoisotopic (exact) mass is 1040 g/mol. The summed E-state index contributed by atoms with van der Waals surface area (Å²) in [7, 11) is 0. The second-order valence-corrected chi connectivity index (χ2v) is 22.0. The van der Waals surface area contributed by atoms with Gasteiger partial charge in [-0.05, 0) is 77.0 Å². The van der Waals surface area contributed by atoms with Crippen molar-refractivity contribution >= 4 is 17.9 Å². The number of ether oxygens (including phenoxy) is 3. The maximum absolute atomic E-state index is 12.9. The average molecular weight is 1040 g/mol. The Morgan fingerprint density at radius 2 is 0.527 bits per heavy atom. The van der Waals surface area contributed by atoms with Gasteiger partial charge >= 0.3 is 17.9 Å². The third kappa shape index (κ3) is 60.2. The standard InChI is InChI=1S/C68H124O6/c1-4-7-10-13-16-19-22-25-28-30-31-32-33-34-35-36-37-38-41-43-46-49-52-55-58-61-67(70)73-64-65(63-72-66(69)60-57-54-51-48-45-42-39-27-24-21-18-15-12-9-6-3)74-68(71)62-59-56-53-50-47-44-40-29-26-23-20-17-14-11-8-5-2/h9,12,18,21,27,29,39-40,65H,4-8,10-11,13-17,19-20,22-26,28,30-38,41-64H2,1-3H3/b12-9-,21-18-,39-27-,40-29-. The molecule has 1 atom stereocenters. The van der Waals surface area contributed by atoms with E-state index in [1.807, 2.05) is 0 Å². The van der Waals surface area contributed by atoms with Gasteiger partial charge < -0.3 is 14.2 Å². The average Bonchev–Trinajstić information content (AvgIpc) is 3.40. The highest BCUT2D eigenvalue weighted by Crippen LogP contribution is 2.18. The number of unbranched alkanes of at least 4 members (excludes halogenated alkanes) is 41. The van der Waals surface area contributed by atoms with Crippen LogP contribution in [0.15, 0.2) is 48.6 Å². The van der Waals surface area contributed by atoms with Crippen LogP contribution in [0.5, 0.6) is 0 Å². The molecule has 0 saturated carbocycles. The Labute approximate surface area is 460 Å². The Hall–Kier alpha value is -2.63. The molecule has 0 bridgehead atoms. The molecule has 0 aliphatic rings. The fourth-order valence-electron chi connectivity index (χ4n) is 9.69. The van der Waals surface area contributed by atoms with Gasteiger partial charge in [-0.3, -0.25) is 14.4 Å². The minimum Gasteiger partial charge on any atom is -0.462 e. The second kappa shape index (κ2) is 62.9. The van der Waals surface area contributed by atoms with Crippen LogP contribution in [-0.2, 0) is 28.6 Å². The Morgan fingerprint density at radius 3 is 0.838 bits per heavy atom. The number of esters is 3. The first-order valence-electron chi connectivity index (χ1n) is 32.6. The van der Waals surface area contributed by atoms with Gasteiger partial charge in [0.2, 0.25) is 0 Å². The summed E-state index contributed by atoms with van der Waals surface area (Å²) in [5, 5.41) is 0. The largest absolute Gasteiger partial charge is 0.462 e. The van der Waals surface area contributed by atoms with E-state index < -0.39 is 6.10 Å². The number of hydrogen-bond donors (Lipinski definition) is 0. The Kier molecular flexibility index (Phi) is 60.7. The molecule has 0 aliphatic heterocycles. The van der Waals surface area contributed by atoms with Crippen LogP contribution in [0.3, 0.4) is 0 Å². The number of carbonyl (C=O) groups excluding carboxylic acids is 3. The molecule has 0 rings (SSSR count). The number of rotatable bonds is 60. The summed E-state index contributed by atoms with van der Waals surface area (Å²) < 4.78 is 16.9. The Morgan fingerprint density at radius 1 is 0.284 bits per heavy atom. The minimum absolute atomic E-state index is 0.0786. The van der Waals surface area contributed by atoms with Crippen molar-refractivity contribution in [2.75, 3.05) is 13.2 Å². The lowest BCUT2D eigenvalue weighted by Crippen LogP contribution is -2.30. The summed E-state index contributed by atoms with van der Waals surface area (Å²) in [6.45, 7) is 6.56. The first-order valence-corrected chi connectivity index (χ1v) is 32.6. The van der Waals surface area contributed by atoms with Crippen molar-refractivity contribution in [2.24, 2.45) is 0 Å². The zero-order valence-electron chi connectivity index (χ0n) is 49.6. The highest BCUT2D eigenvalue weighted by Gasteiger charge is 2.19. The Bertz CT molecular complexity index is 1280. The SMILES string of the molecule is CC/C=C\C/C=C\C/C=C\CCCCCCCC(=O)OCC(COC(=O)CCCCCCCCCCCCCCCCCCCCCCCCCCC)OC(=O)CCCCCCC/C=C\CCCCCCCCC. The van der Waals surface area contributed by atoms with Crippen LogP contribution in [0.25, 0.3) is 0 Å². The van der Waals surface area contributed by atoms with Crippen LogP contribution in [0, 0.1) is 0 Å². The highest BCUT2D eigenvalue weighted by atomic mass is 16.6. The molecule has 6 heteroatoms. The normalized spacial score (nSPS) is 12.3. The van der Waals surface area contributed by atoms with Crippen molar-refractivity contribution in [3.05, 3.63) is 48.6 Å². The topological polar surface area (TPSA) is 78.9 Å². The molecule has 6 nitrogen and oxygen atoms in total. The molecule has 0 aromatic rings. The van der Waals surface area contributed by atoms with E-state index in [1.165, 1.54) is 199 Å². The summed E-state index contributed by atoms with van der Waals surface area (Å²) in [5.41, 5.74) is 0. The molecule has 0 heterocycles. The third-order valence-corrected chi connectivity index (χ3v) is 14.6. The summed E-state index contributed by atoms with van der Waals surface area (Å²) >= 11 is 0. The van der Waals surface area contributed by atoms with E-state index in [1.54, 1.807) is 0 Å². The lowest BCUT2D eigenvalue weighted by atomic mass is 10.0. The van der Waals surface area contributed by atoms with Crippen molar-refractivity contribution in [2.45, 2.75) is 354 Å². The molecule has 432 valence electrons. The summed E-state index contributed by atoms with van der Waals surface area (Å²) in [4.78, 5) is 38.3. The van der Waals surface area contributed by atoms with Crippen molar-refractivity contribution < 1.29 is 28.6 Å². The van der Waals surface area contributed by atoms with Crippen LogP contribution in [0.1, 0.15) is 348 Å². The predicted molar refractivity (Wildman–Crippen MR) is 321 cm³/mol. The van der Waals surface area contributed by atoms with E-state index >= 15 is 0 Å². The highest BCUT2D eigenvalue weighted by molar-refractivity contribution is 5.71. The van der Waals surface area contributed by atoms with Gasteiger partial charge in [0, 0.05) is 19.3 Å². The molecule has 0 saturated heterocycles. The lowest BCUT2D eigenvalue weighted by Gasteiger charge is -2.18. The van der Waals surface area contributed by atoms with Crippen LogP contribution in [0.2, 0.25) is 0 Å². The van der Waals surface area contributed by atoms with Crippen molar-refractivity contribution in [3.8, 4) is 0 Å². The number of hydrogen-bond acceptors (Lipinski definition) is 6. The molecule has 1 unspecified atom stereocenters. The quantitative estimate of drug-likeness (QED) is 0.0261. The van der Waals surface area contributed by atoms with Gasteiger partial charge in [0.25, 0.3) is 0 Å². The molecule has 0 aliphatic carbocycles. The van der Waals surface area contributed by atoms with Gasteiger partial charge in [-0.25, -0.2) is 0 Å². The van der Waals surface area contributed by atoms with Crippen molar-refractivity contribution in [3.63, 3.8) is 0 Å². The van der Waals surface area contributed by atoms with Crippen LogP contribution < -0.4 is 0 Å². The van der Waals surface area contributed by atoms with Gasteiger partial charge in [-0.15, -0.1) is 0 Å². The van der Waals surface area contributed by atoms with E-state index in [2.05, 4.69) is 69.4 Å². The van der Waals surface area contributed by atoms with Gasteiger partial charge in [0.15, 0.2) is 6.10 Å². The maximum atomic E-state index is 12.9. The van der Waals surface area contributed by atoms with Gasteiger partial charge in [-0.1, -0.05) is 301 Å². The zero-order valence-corrected chi connectivity index (χ0v) is 49.6. The van der Waals surface area contributed by atoms with E-state index in [9.17, 15) is 14.4 Å². The molecular weight excluding hydrogens is 913 g/mol. The molecule has 0 radical (unpaired) electrons. The minimum atomic E-state index is -0.784. The van der Waals surface area contributed by atoms with Crippen molar-refractivity contribution in [1.29, 1.82) is 0 Å². The fourth-order valence-corrected chi connectivity index (χ4v) is 9.69. The zero-order chi connectivity index (χ0) is 53.6. The first-order chi connectivity index (χ1) is 36.5. The summed E-state index contributed by atoms with van der Waals surface area (Å²) in [6, 6.07) is 0. The first kappa shape index (κ1) is 71.4. The van der Waals surface area contributed by atoms with E-state index in [4.69, 9.17) is 14.2 Å². The summed E-state index contributed by atoms with van der Waals surface area (Å²) in [5.74, 6) is -0.884. The number of carbonyl (C=O) groups is 3. The Balaban J connectivity index is 4.27. The predicted octanol–water partition coefficient (Wildman–Crippen LogP) is 22.2. The van der Waals surface area contributed by atoms with Crippen LogP contribution in [-0.4, -0.2) is 37.2 Å². The van der Waals surface area contributed by atoms with Crippen LogP contribution >= 0.6 is 0 Å². The molecule has 0 amide bonds. The molecular formula is C68H124O6. The maximum Gasteiger partial charge on any atom is 0.306 e. The van der Waals surface area contributed by atoms with Crippen molar-refractivity contribution in [1.82, 2.24) is 0 Å². The molecule has 0 aromatic heterocycles.